The molecule has 0 bridgehead atoms. The van der Waals surface area contributed by atoms with Crippen molar-refractivity contribution in [2.24, 2.45) is 0 Å². The molecule has 124 valence electrons. The van der Waals surface area contributed by atoms with Crippen LogP contribution in [0.5, 0.6) is 11.5 Å². The lowest BCUT2D eigenvalue weighted by Crippen LogP contribution is -2.10. The summed E-state index contributed by atoms with van der Waals surface area (Å²) in [6.07, 6.45) is 3.02. The molecule has 0 spiro atoms. The Morgan fingerprint density at radius 2 is 2.00 bits per heavy atom. The number of hydrogen-bond acceptors (Lipinski definition) is 6. The third-order valence-corrected chi connectivity index (χ3v) is 4.11. The molecular formula is C16H21N3O3S. The van der Waals surface area contributed by atoms with Gasteiger partial charge in [0.15, 0.2) is 11.5 Å². The number of amides is 1. The molecular weight excluding hydrogens is 314 g/mol. The van der Waals surface area contributed by atoms with Gasteiger partial charge < -0.3 is 14.8 Å². The van der Waals surface area contributed by atoms with Crippen molar-refractivity contribution < 1.29 is 14.3 Å². The van der Waals surface area contributed by atoms with Gasteiger partial charge in [0.1, 0.15) is 5.01 Å². The van der Waals surface area contributed by atoms with E-state index in [1.807, 2.05) is 18.2 Å². The van der Waals surface area contributed by atoms with Gasteiger partial charge in [0.05, 0.1) is 14.2 Å². The molecule has 2 aromatic rings. The molecule has 1 aromatic carbocycles. The van der Waals surface area contributed by atoms with Gasteiger partial charge in [-0.1, -0.05) is 30.7 Å². The Morgan fingerprint density at radius 1 is 1.22 bits per heavy atom. The van der Waals surface area contributed by atoms with Crippen LogP contribution in [-0.2, 0) is 11.2 Å². The van der Waals surface area contributed by atoms with E-state index in [1.54, 1.807) is 14.2 Å². The summed E-state index contributed by atoms with van der Waals surface area (Å²) in [5.74, 6) is 1.36. The zero-order valence-corrected chi connectivity index (χ0v) is 14.4. The average Bonchev–Trinajstić information content (AvgIpc) is 2.99. The molecule has 1 amide bonds. The SMILES string of the molecule is CCCCC(=O)Nc1nnc(Cc2ccc(OC)c(OC)c2)s1. The molecule has 0 aliphatic carbocycles. The molecule has 0 saturated carbocycles. The minimum absolute atomic E-state index is 0.0133. The second-order valence-corrected chi connectivity index (χ2v) is 6.08. The fourth-order valence-corrected chi connectivity index (χ4v) is 2.85. The Labute approximate surface area is 139 Å². The van der Waals surface area contributed by atoms with Crippen molar-refractivity contribution in [3.8, 4) is 11.5 Å². The van der Waals surface area contributed by atoms with E-state index in [0.717, 1.165) is 23.4 Å². The van der Waals surface area contributed by atoms with Crippen LogP contribution in [0.2, 0.25) is 0 Å². The second kappa shape index (κ2) is 8.47. The van der Waals surface area contributed by atoms with Crippen LogP contribution < -0.4 is 14.8 Å². The van der Waals surface area contributed by atoms with Crippen LogP contribution in [0.25, 0.3) is 0 Å². The van der Waals surface area contributed by atoms with Gasteiger partial charge in [-0.3, -0.25) is 4.79 Å². The van der Waals surface area contributed by atoms with E-state index < -0.39 is 0 Å². The Hall–Kier alpha value is -2.15. The molecule has 0 aliphatic rings. The first-order chi connectivity index (χ1) is 11.2. The summed E-state index contributed by atoms with van der Waals surface area (Å²) in [6.45, 7) is 2.06. The number of unbranched alkanes of at least 4 members (excludes halogenated alkanes) is 1. The monoisotopic (exact) mass is 335 g/mol. The van der Waals surface area contributed by atoms with Crippen LogP contribution in [0.15, 0.2) is 18.2 Å². The van der Waals surface area contributed by atoms with Gasteiger partial charge in [0, 0.05) is 12.8 Å². The summed E-state index contributed by atoms with van der Waals surface area (Å²) in [7, 11) is 3.21. The smallest absolute Gasteiger partial charge is 0.226 e. The lowest BCUT2D eigenvalue weighted by atomic mass is 10.1. The quantitative estimate of drug-likeness (QED) is 0.801. The van der Waals surface area contributed by atoms with Gasteiger partial charge in [0.2, 0.25) is 11.0 Å². The molecule has 1 aromatic heterocycles. The van der Waals surface area contributed by atoms with E-state index in [9.17, 15) is 4.79 Å². The highest BCUT2D eigenvalue weighted by Gasteiger charge is 2.10. The van der Waals surface area contributed by atoms with Crippen LogP contribution in [0.1, 0.15) is 36.8 Å². The topological polar surface area (TPSA) is 73.3 Å². The van der Waals surface area contributed by atoms with Crippen LogP contribution >= 0.6 is 11.3 Å². The number of ether oxygens (including phenoxy) is 2. The lowest BCUT2D eigenvalue weighted by Gasteiger charge is -2.08. The summed E-state index contributed by atoms with van der Waals surface area (Å²) in [6, 6.07) is 5.74. The molecule has 2 rings (SSSR count). The third kappa shape index (κ3) is 4.92. The van der Waals surface area contributed by atoms with Gasteiger partial charge in [-0.25, -0.2) is 0 Å². The molecule has 0 aliphatic heterocycles. The summed E-state index contributed by atoms with van der Waals surface area (Å²) in [5, 5.41) is 12.3. The van der Waals surface area contributed by atoms with E-state index in [1.165, 1.54) is 11.3 Å². The third-order valence-electron chi connectivity index (χ3n) is 3.27. The Kier molecular flexibility index (Phi) is 6.34. The van der Waals surface area contributed by atoms with Crippen LogP contribution in [0.4, 0.5) is 5.13 Å². The van der Waals surface area contributed by atoms with Gasteiger partial charge in [-0.2, -0.15) is 0 Å². The van der Waals surface area contributed by atoms with Gasteiger partial charge in [-0.15, -0.1) is 10.2 Å². The number of methoxy groups -OCH3 is 2. The highest BCUT2D eigenvalue weighted by atomic mass is 32.1. The van der Waals surface area contributed by atoms with Crippen molar-refractivity contribution >= 4 is 22.4 Å². The highest BCUT2D eigenvalue weighted by molar-refractivity contribution is 7.15. The molecule has 1 N–H and O–H groups in total. The number of carbonyl (C=O) groups is 1. The van der Waals surface area contributed by atoms with Crippen LogP contribution in [0, 0.1) is 0 Å². The molecule has 0 atom stereocenters. The van der Waals surface area contributed by atoms with E-state index in [2.05, 4.69) is 22.4 Å². The fraction of sp³-hybridized carbons (Fsp3) is 0.438. The number of anilines is 1. The summed E-state index contributed by atoms with van der Waals surface area (Å²) >= 11 is 1.39. The zero-order chi connectivity index (χ0) is 16.7. The van der Waals surface area contributed by atoms with Crippen molar-refractivity contribution in [2.45, 2.75) is 32.6 Å². The number of rotatable bonds is 8. The average molecular weight is 335 g/mol. The molecule has 0 radical (unpaired) electrons. The zero-order valence-electron chi connectivity index (χ0n) is 13.6. The van der Waals surface area contributed by atoms with E-state index in [4.69, 9.17) is 9.47 Å². The predicted molar refractivity (Wildman–Crippen MR) is 90.4 cm³/mol. The minimum atomic E-state index is -0.0133. The highest BCUT2D eigenvalue weighted by Crippen LogP contribution is 2.29. The van der Waals surface area contributed by atoms with Crippen molar-refractivity contribution in [1.82, 2.24) is 10.2 Å². The van der Waals surface area contributed by atoms with E-state index >= 15 is 0 Å². The maximum atomic E-state index is 11.7. The molecule has 23 heavy (non-hydrogen) atoms. The van der Waals surface area contributed by atoms with Crippen LogP contribution in [0.3, 0.4) is 0 Å². The Balaban J connectivity index is 2.00. The number of nitrogens with one attached hydrogen (secondary N) is 1. The number of aromatic nitrogens is 2. The van der Waals surface area contributed by atoms with E-state index in [-0.39, 0.29) is 5.91 Å². The molecule has 1 heterocycles. The maximum Gasteiger partial charge on any atom is 0.226 e. The largest absolute Gasteiger partial charge is 0.493 e. The molecule has 6 nitrogen and oxygen atoms in total. The van der Waals surface area contributed by atoms with E-state index in [0.29, 0.717) is 29.5 Å². The molecule has 0 saturated heterocycles. The predicted octanol–water partition coefficient (Wildman–Crippen LogP) is 3.27. The Bertz CT molecular complexity index is 658. The summed E-state index contributed by atoms with van der Waals surface area (Å²) in [5.41, 5.74) is 1.04. The van der Waals surface area contributed by atoms with Gasteiger partial charge in [-0.05, 0) is 24.1 Å². The minimum Gasteiger partial charge on any atom is -0.493 e. The number of nitrogens with zero attached hydrogens (tertiary/aromatic N) is 2. The summed E-state index contributed by atoms with van der Waals surface area (Å²) in [4.78, 5) is 11.7. The molecule has 0 fully saturated rings. The standard InChI is InChI=1S/C16H21N3O3S/c1-4-5-6-14(20)17-16-19-18-15(23-16)10-11-7-8-12(21-2)13(9-11)22-3/h7-9H,4-6,10H2,1-3H3,(H,17,19,20). The van der Waals surface area contributed by atoms with Crippen molar-refractivity contribution in [2.75, 3.05) is 19.5 Å². The van der Waals surface area contributed by atoms with Crippen LogP contribution in [-0.4, -0.2) is 30.3 Å². The lowest BCUT2D eigenvalue weighted by molar-refractivity contribution is -0.116. The maximum absolute atomic E-state index is 11.7. The normalized spacial score (nSPS) is 10.4. The number of carbonyl (C=O) groups excluding carboxylic acids is 1. The number of hydrogen-bond donors (Lipinski definition) is 1. The van der Waals surface area contributed by atoms with Crippen molar-refractivity contribution in [3.63, 3.8) is 0 Å². The van der Waals surface area contributed by atoms with Crippen molar-refractivity contribution in [3.05, 3.63) is 28.8 Å². The number of benzene rings is 1. The fourth-order valence-electron chi connectivity index (χ4n) is 2.06. The van der Waals surface area contributed by atoms with Gasteiger partial charge >= 0.3 is 0 Å². The first kappa shape index (κ1) is 17.2. The van der Waals surface area contributed by atoms with Crippen molar-refractivity contribution in [1.29, 1.82) is 0 Å². The molecule has 0 unspecified atom stereocenters. The molecule has 7 heteroatoms. The Morgan fingerprint density at radius 3 is 2.70 bits per heavy atom. The first-order valence-corrected chi connectivity index (χ1v) is 8.31. The summed E-state index contributed by atoms with van der Waals surface area (Å²) < 4.78 is 10.5. The second-order valence-electron chi connectivity index (χ2n) is 5.02. The first-order valence-electron chi connectivity index (χ1n) is 7.49. The van der Waals surface area contributed by atoms with Gasteiger partial charge in [0.25, 0.3) is 0 Å².